The fourth-order valence-electron chi connectivity index (χ4n) is 2.95. The third kappa shape index (κ3) is 4.16. The van der Waals surface area contributed by atoms with E-state index in [0.717, 1.165) is 13.0 Å². The van der Waals surface area contributed by atoms with Crippen LogP contribution in [0.3, 0.4) is 0 Å². The summed E-state index contributed by atoms with van der Waals surface area (Å²) < 4.78 is 46.6. The molecule has 2 aliphatic rings. The minimum Gasteiger partial charge on any atom is -0.405 e. The van der Waals surface area contributed by atoms with Crippen molar-refractivity contribution in [3.05, 3.63) is 29.8 Å². The molecule has 1 N–H and O–H groups in total. The van der Waals surface area contributed by atoms with Crippen LogP contribution in [0.5, 0.6) is 5.75 Å². The van der Waals surface area contributed by atoms with Gasteiger partial charge in [-0.1, -0.05) is 18.2 Å². The first-order valence-corrected chi connectivity index (χ1v) is 7.64. The van der Waals surface area contributed by atoms with Crippen molar-refractivity contribution in [2.75, 3.05) is 19.8 Å². The molecule has 3 rings (SSSR count). The first-order chi connectivity index (χ1) is 10.9. The predicted octanol–water partition coefficient (Wildman–Crippen LogP) is 2.84. The zero-order chi connectivity index (χ0) is 16.4. The number of halogens is 3. The predicted molar refractivity (Wildman–Crippen MR) is 75.9 cm³/mol. The van der Waals surface area contributed by atoms with Gasteiger partial charge in [-0.2, -0.15) is 0 Å². The van der Waals surface area contributed by atoms with Crippen LogP contribution in [-0.4, -0.2) is 32.0 Å². The van der Waals surface area contributed by atoms with Gasteiger partial charge in [0.1, 0.15) is 5.75 Å². The number of rotatable bonds is 5. The second-order valence-corrected chi connectivity index (χ2v) is 6.01. The molecule has 1 saturated carbocycles. The van der Waals surface area contributed by atoms with Gasteiger partial charge in [0.05, 0.1) is 6.61 Å². The number of amides is 1. The summed E-state index contributed by atoms with van der Waals surface area (Å²) in [5.74, 6) is -0.492. The Morgan fingerprint density at radius 2 is 2.13 bits per heavy atom. The number of ether oxygens (including phenoxy) is 2. The molecule has 23 heavy (non-hydrogen) atoms. The molecule has 1 amide bonds. The molecule has 1 saturated heterocycles. The maximum Gasteiger partial charge on any atom is 0.573 e. The van der Waals surface area contributed by atoms with Gasteiger partial charge in [-0.25, -0.2) is 0 Å². The van der Waals surface area contributed by atoms with Crippen LogP contribution in [0, 0.1) is 11.8 Å². The van der Waals surface area contributed by atoms with Crippen LogP contribution in [0.4, 0.5) is 13.2 Å². The Morgan fingerprint density at radius 3 is 2.83 bits per heavy atom. The minimum atomic E-state index is -4.73. The molecule has 0 aromatic heterocycles. The maximum absolute atomic E-state index is 12.4. The summed E-state index contributed by atoms with van der Waals surface area (Å²) in [5, 5.41) is 2.87. The Bertz CT molecular complexity index is 570. The molecule has 2 fully saturated rings. The normalized spacial score (nSPS) is 26.8. The fourth-order valence-corrected chi connectivity index (χ4v) is 2.95. The van der Waals surface area contributed by atoms with E-state index in [0.29, 0.717) is 31.1 Å². The molecule has 0 spiro atoms. The van der Waals surface area contributed by atoms with E-state index in [2.05, 4.69) is 10.1 Å². The lowest BCUT2D eigenvalue weighted by molar-refractivity contribution is -0.274. The summed E-state index contributed by atoms with van der Waals surface area (Å²) in [6, 6.07) is 6.01. The van der Waals surface area contributed by atoms with Crippen LogP contribution in [0.25, 0.3) is 0 Å². The van der Waals surface area contributed by atoms with Gasteiger partial charge in [0.2, 0.25) is 5.91 Å². The van der Waals surface area contributed by atoms with E-state index in [1.54, 1.807) is 12.1 Å². The molecule has 1 aliphatic carbocycles. The van der Waals surface area contributed by atoms with Gasteiger partial charge in [-0.3, -0.25) is 4.79 Å². The van der Waals surface area contributed by atoms with Gasteiger partial charge in [0.25, 0.3) is 0 Å². The monoisotopic (exact) mass is 329 g/mol. The average molecular weight is 329 g/mol. The highest BCUT2D eigenvalue weighted by Crippen LogP contribution is 2.51. The number of hydrogen-bond donors (Lipinski definition) is 1. The van der Waals surface area contributed by atoms with Crippen molar-refractivity contribution in [2.24, 2.45) is 11.8 Å². The van der Waals surface area contributed by atoms with Crippen LogP contribution in [0.2, 0.25) is 0 Å². The number of alkyl halides is 3. The van der Waals surface area contributed by atoms with Gasteiger partial charge < -0.3 is 14.8 Å². The number of benzene rings is 1. The zero-order valence-electron chi connectivity index (χ0n) is 12.4. The first kappa shape index (κ1) is 16.1. The summed E-state index contributed by atoms with van der Waals surface area (Å²) in [5.41, 5.74) is 0.439. The van der Waals surface area contributed by atoms with Crippen molar-refractivity contribution >= 4 is 5.91 Å². The van der Waals surface area contributed by atoms with Crippen molar-refractivity contribution in [1.82, 2.24) is 5.32 Å². The summed E-state index contributed by atoms with van der Waals surface area (Å²) in [7, 11) is 0. The molecular weight excluding hydrogens is 311 g/mol. The molecule has 7 heteroatoms. The van der Waals surface area contributed by atoms with Gasteiger partial charge in [0.15, 0.2) is 0 Å². The second kappa shape index (κ2) is 6.39. The Balaban J connectivity index is 1.58. The molecule has 1 aromatic carbocycles. The molecule has 1 heterocycles. The number of hydrogen-bond acceptors (Lipinski definition) is 3. The lowest BCUT2D eigenvalue weighted by atomic mass is 10.1. The molecule has 1 aliphatic heterocycles. The number of para-hydroxylation sites is 1. The molecule has 126 valence electrons. The van der Waals surface area contributed by atoms with E-state index in [1.807, 2.05) is 0 Å². The number of carbonyl (C=O) groups is 1. The third-order valence-corrected chi connectivity index (χ3v) is 4.26. The van der Waals surface area contributed by atoms with Crippen LogP contribution in [0.1, 0.15) is 24.3 Å². The summed E-state index contributed by atoms with van der Waals surface area (Å²) in [4.78, 5) is 12.1. The highest BCUT2D eigenvalue weighted by molar-refractivity contribution is 5.83. The van der Waals surface area contributed by atoms with Crippen molar-refractivity contribution in [3.63, 3.8) is 0 Å². The maximum atomic E-state index is 12.4. The molecule has 0 bridgehead atoms. The molecule has 3 atom stereocenters. The summed E-state index contributed by atoms with van der Waals surface area (Å²) in [6.45, 7) is 1.92. The van der Waals surface area contributed by atoms with Crippen LogP contribution >= 0.6 is 0 Å². The van der Waals surface area contributed by atoms with Crippen molar-refractivity contribution in [1.29, 1.82) is 0 Å². The number of carbonyl (C=O) groups excluding carboxylic acids is 1. The van der Waals surface area contributed by atoms with Crippen LogP contribution in [-0.2, 0) is 9.53 Å². The van der Waals surface area contributed by atoms with Crippen molar-refractivity contribution < 1.29 is 27.4 Å². The van der Waals surface area contributed by atoms with Crippen molar-refractivity contribution in [2.45, 2.75) is 25.1 Å². The van der Waals surface area contributed by atoms with Crippen LogP contribution < -0.4 is 10.1 Å². The first-order valence-electron chi connectivity index (χ1n) is 7.64. The minimum absolute atomic E-state index is 0.108. The topological polar surface area (TPSA) is 47.6 Å². The average Bonchev–Trinajstić information content (AvgIpc) is 3.10. The van der Waals surface area contributed by atoms with E-state index in [4.69, 9.17) is 4.74 Å². The molecule has 0 radical (unpaired) electrons. The van der Waals surface area contributed by atoms with Gasteiger partial charge in [-0.05, 0) is 30.4 Å². The van der Waals surface area contributed by atoms with E-state index < -0.39 is 6.36 Å². The Morgan fingerprint density at radius 1 is 1.35 bits per heavy atom. The summed E-state index contributed by atoms with van der Waals surface area (Å²) in [6.07, 6.45) is -3.26. The smallest absolute Gasteiger partial charge is 0.405 e. The molecule has 4 nitrogen and oxygen atoms in total. The lowest BCUT2D eigenvalue weighted by Gasteiger charge is -2.13. The van der Waals surface area contributed by atoms with Gasteiger partial charge in [0, 0.05) is 25.0 Å². The SMILES string of the molecule is O=C(NCC1CCOC1)C1CC1c1ccccc1OC(F)(F)F. The van der Waals surface area contributed by atoms with E-state index >= 15 is 0 Å². The van der Waals surface area contributed by atoms with E-state index in [-0.39, 0.29) is 23.5 Å². The molecule has 3 unspecified atom stereocenters. The largest absolute Gasteiger partial charge is 0.573 e. The van der Waals surface area contributed by atoms with E-state index in [1.165, 1.54) is 12.1 Å². The second-order valence-electron chi connectivity index (χ2n) is 6.01. The lowest BCUT2D eigenvalue weighted by Crippen LogP contribution is -2.31. The summed E-state index contributed by atoms with van der Waals surface area (Å²) >= 11 is 0. The number of nitrogens with one attached hydrogen (secondary N) is 1. The van der Waals surface area contributed by atoms with Crippen LogP contribution in [0.15, 0.2) is 24.3 Å². The zero-order valence-corrected chi connectivity index (χ0v) is 12.4. The fraction of sp³-hybridized carbons (Fsp3) is 0.562. The Labute approximate surface area is 132 Å². The quantitative estimate of drug-likeness (QED) is 0.904. The van der Waals surface area contributed by atoms with Crippen molar-refractivity contribution in [3.8, 4) is 5.75 Å². The Kier molecular flexibility index (Phi) is 4.48. The highest BCUT2D eigenvalue weighted by atomic mass is 19.4. The van der Waals surface area contributed by atoms with Gasteiger partial charge >= 0.3 is 6.36 Å². The Hall–Kier alpha value is -1.76. The third-order valence-electron chi connectivity index (χ3n) is 4.26. The standard InChI is InChI=1S/C16H18F3NO3/c17-16(18,19)23-14-4-2-1-3-11(14)12-7-13(12)15(21)20-8-10-5-6-22-9-10/h1-4,10,12-13H,5-9H2,(H,20,21). The van der Waals surface area contributed by atoms with E-state index in [9.17, 15) is 18.0 Å². The molecule has 1 aromatic rings. The molecular formula is C16H18F3NO3. The highest BCUT2D eigenvalue weighted by Gasteiger charge is 2.46. The van der Waals surface area contributed by atoms with Gasteiger partial charge in [-0.15, -0.1) is 13.2 Å².